The Labute approximate surface area is 96.8 Å². The molecule has 1 aromatic carbocycles. The second-order valence-electron chi connectivity index (χ2n) is 3.25. The Kier molecular flexibility index (Phi) is 2.55. The van der Waals surface area contributed by atoms with Gasteiger partial charge in [-0.3, -0.25) is 0 Å². The van der Waals surface area contributed by atoms with Gasteiger partial charge in [0.1, 0.15) is 4.88 Å². The number of alkyl halides is 3. The molecule has 0 atom stereocenters. The quantitative estimate of drug-likeness (QED) is 0.642. The van der Waals surface area contributed by atoms with E-state index in [2.05, 4.69) is 15.9 Å². The summed E-state index contributed by atoms with van der Waals surface area (Å²) in [6.07, 6.45) is -4.25. The summed E-state index contributed by atoms with van der Waals surface area (Å²) in [5.41, 5.74) is 0.861. The van der Waals surface area contributed by atoms with Crippen molar-refractivity contribution in [3.05, 3.63) is 33.1 Å². The third kappa shape index (κ3) is 2.03. The summed E-state index contributed by atoms with van der Waals surface area (Å²) in [7, 11) is 0. The summed E-state index contributed by atoms with van der Waals surface area (Å²) < 4.78 is 38.9. The second kappa shape index (κ2) is 3.49. The largest absolute Gasteiger partial charge is 0.425 e. The molecule has 0 aliphatic carbocycles. The normalized spacial score (nSPS) is 12.3. The first-order valence-electron chi connectivity index (χ1n) is 4.15. The van der Waals surface area contributed by atoms with Gasteiger partial charge in [0.25, 0.3) is 0 Å². The van der Waals surface area contributed by atoms with Crippen molar-refractivity contribution in [3.63, 3.8) is 0 Å². The summed E-state index contributed by atoms with van der Waals surface area (Å²) in [4.78, 5) is -0.543. The van der Waals surface area contributed by atoms with Crippen molar-refractivity contribution in [1.82, 2.24) is 0 Å². The van der Waals surface area contributed by atoms with Crippen LogP contribution in [-0.4, -0.2) is 0 Å². The molecular weight excluding hydrogens is 289 g/mol. The number of thiophene rings is 1. The van der Waals surface area contributed by atoms with Gasteiger partial charge in [-0.15, -0.1) is 11.3 Å². The minimum atomic E-state index is -4.25. The van der Waals surface area contributed by atoms with Crippen LogP contribution in [0.25, 0.3) is 10.1 Å². The van der Waals surface area contributed by atoms with Gasteiger partial charge in [-0.2, -0.15) is 13.2 Å². The maximum atomic E-state index is 12.5. The van der Waals surface area contributed by atoms with Gasteiger partial charge in [-0.05, 0) is 36.1 Å². The van der Waals surface area contributed by atoms with Crippen molar-refractivity contribution >= 4 is 37.4 Å². The average Bonchev–Trinajstić information content (AvgIpc) is 2.46. The van der Waals surface area contributed by atoms with E-state index in [9.17, 15) is 13.2 Å². The molecule has 0 spiro atoms. The van der Waals surface area contributed by atoms with Crippen LogP contribution in [0.4, 0.5) is 13.2 Å². The first-order chi connectivity index (χ1) is 6.88. The molecule has 0 unspecified atom stereocenters. The molecule has 15 heavy (non-hydrogen) atoms. The molecule has 0 aliphatic heterocycles. The monoisotopic (exact) mass is 294 g/mol. The first kappa shape index (κ1) is 11.0. The van der Waals surface area contributed by atoms with Gasteiger partial charge in [-0.1, -0.05) is 15.9 Å². The molecule has 80 valence electrons. The average molecular weight is 295 g/mol. The predicted molar refractivity (Wildman–Crippen MR) is 59.3 cm³/mol. The van der Waals surface area contributed by atoms with Crippen molar-refractivity contribution in [2.75, 3.05) is 0 Å². The summed E-state index contributed by atoms with van der Waals surface area (Å²) >= 11 is 4.06. The minimum absolute atomic E-state index is 0.543. The molecule has 0 radical (unpaired) electrons. The van der Waals surface area contributed by atoms with Crippen LogP contribution in [0.3, 0.4) is 0 Å². The standard InChI is InChI=1S/C10H6BrF3S/c1-5-2-7(11)3-6-4-8(10(12,13)14)15-9(5)6/h2-4H,1H3. The molecule has 2 aromatic rings. The molecule has 0 fully saturated rings. The van der Waals surface area contributed by atoms with Crippen molar-refractivity contribution in [3.8, 4) is 0 Å². The number of hydrogen-bond donors (Lipinski definition) is 0. The molecule has 0 saturated carbocycles. The van der Waals surface area contributed by atoms with Crippen LogP contribution >= 0.6 is 27.3 Å². The Hall–Kier alpha value is -0.550. The van der Waals surface area contributed by atoms with Crippen LogP contribution in [0.2, 0.25) is 0 Å². The van der Waals surface area contributed by atoms with E-state index in [4.69, 9.17) is 0 Å². The number of hydrogen-bond acceptors (Lipinski definition) is 1. The summed E-state index contributed by atoms with van der Waals surface area (Å²) in [5, 5.41) is 0.638. The minimum Gasteiger partial charge on any atom is -0.165 e. The Bertz CT molecular complexity index is 513. The predicted octanol–water partition coefficient (Wildman–Crippen LogP) is 4.99. The van der Waals surface area contributed by atoms with Gasteiger partial charge >= 0.3 is 6.18 Å². The van der Waals surface area contributed by atoms with E-state index in [0.29, 0.717) is 10.1 Å². The van der Waals surface area contributed by atoms with Crippen LogP contribution in [0, 0.1) is 6.92 Å². The van der Waals surface area contributed by atoms with Crippen molar-refractivity contribution in [2.45, 2.75) is 13.1 Å². The Morgan fingerprint density at radius 1 is 1.20 bits per heavy atom. The van der Waals surface area contributed by atoms with Gasteiger partial charge in [0.2, 0.25) is 0 Å². The Morgan fingerprint density at radius 2 is 1.87 bits per heavy atom. The Balaban J connectivity index is 2.71. The summed E-state index contributed by atoms with van der Waals surface area (Å²) in [6, 6.07) is 4.71. The SMILES string of the molecule is Cc1cc(Br)cc2cc(C(F)(F)F)sc12. The molecule has 0 nitrogen and oxygen atoms in total. The maximum Gasteiger partial charge on any atom is 0.425 e. The second-order valence-corrected chi connectivity index (χ2v) is 5.22. The van der Waals surface area contributed by atoms with E-state index in [1.165, 1.54) is 6.07 Å². The van der Waals surface area contributed by atoms with Crippen LogP contribution in [0.1, 0.15) is 10.4 Å². The number of halogens is 4. The van der Waals surface area contributed by atoms with Crippen molar-refractivity contribution in [2.24, 2.45) is 0 Å². The molecule has 0 saturated heterocycles. The fourth-order valence-corrected chi connectivity index (χ4v) is 2.99. The zero-order valence-electron chi connectivity index (χ0n) is 7.65. The van der Waals surface area contributed by atoms with E-state index in [-0.39, 0.29) is 0 Å². The third-order valence-electron chi connectivity index (χ3n) is 2.05. The van der Waals surface area contributed by atoms with Crippen LogP contribution < -0.4 is 0 Å². The lowest BCUT2D eigenvalue weighted by molar-refractivity contribution is -0.134. The smallest absolute Gasteiger partial charge is 0.165 e. The van der Waals surface area contributed by atoms with Crippen molar-refractivity contribution < 1.29 is 13.2 Å². The highest BCUT2D eigenvalue weighted by atomic mass is 79.9. The zero-order chi connectivity index (χ0) is 11.2. The van der Waals surface area contributed by atoms with E-state index in [1.807, 2.05) is 13.0 Å². The van der Waals surface area contributed by atoms with E-state index >= 15 is 0 Å². The highest BCUT2D eigenvalue weighted by Crippen LogP contribution is 2.39. The fraction of sp³-hybridized carbons (Fsp3) is 0.200. The fourth-order valence-electron chi connectivity index (χ4n) is 1.42. The van der Waals surface area contributed by atoms with Gasteiger partial charge in [0.15, 0.2) is 0 Å². The topological polar surface area (TPSA) is 0 Å². The Morgan fingerprint density at radius 3 is 2.47 bits per heavy atom. The lowest BCUT2D eigenvalue weighted by Gasteiger charge is -1.99. The third-order valence-corrected chi connectivity index (χ3v) is 3.83. The van der Waals surface area contributed by atoms with E-state index in [1.54, 1.807) is 6.07 Å². The zero-order valence-corrected chi connectivity index (χ0v) is 10.1. The highest BCUT2D eigenvalue weighted by Gasteiger charge is 2.32. The molecule has 1 heterocycles. The van der Waals surface area contributed by atoms with Gasteiger partial charge < -0.3 is 0 Å². The molecular formula is C10H6BrF3S. The van der Waals surface area contributed by atoms with Crippen molar-refractivity contribution in [1.29, 1.82) is 0 Å². The number of fused-ring (bicyclic) bond motifs is 1. The van der Waals surface area contributed by atoms with Crippen LogP contribution in [0.5, 0.6) is 0 Å². The van der Waals surface area contributed by atoms with E-state index < -0.39 is 11.1 Å². The van der Waals surface area contributed by atoms with E-state index in [0.717, 1.165) is 21.4 Å². The summed E-state index contributed by atoms with van der Waals surface area (Å²) in [5.74, 6) is 0. The molecule has 0 amide bonds. The number of benzene rings is 1. The molecule has 2 rings (SSSR count). The van der Waals surface area contributed by atoms with Crippen LogP contribution in [-0.2, 0) is 6.18 Å². The highest BCUT2D eigenvalue weighted by molar-refractivity contribution is 9.10. The first-order valence-corrected chi connectivity index (χ1v) is 5.76. The lowest BCUT2D eigenvalue weighted by atomic mass is 10.2. The molecule has 0 bridgehead atoms. The van der Waals surface area contributed by atoms with Gasteiger partial charge in [-0.25, -0.2) is 0 Å². The number of aryl methyl sites for hydroxylation is 1. The van der Waals surface area contributed by atoms with Gasteiger partial charge in [0, 0.05) is 9.17 Å². The number of rotatable bonds is 0. The maximum absolute atomic E-state index is 12.5. The summed E-state index contributed by atoms with van der Waals surface area (Å²) in [6.45, 7) is 1.81. The van der Waals surface area contributed by atoms with Crippen LogP contribution in [0.15, 0.2) is 22.7 Å². The molecule has 5 heteroatoms. The molecule has 1 aromatic heterocycles. The molecule has 0 aliphatic rings. The lowest BCUT2D eigenvalue weighted by Crippen LogP contribution is -2.00. The molecule has 0 N–H and O–H groups in total. The van der Waals surface area contributed by atoms with Gasteiger partial charge in [0.05, 0.1) is 0 Å².